The lowest BCUT2D eigenvalue weighted by Crippen LogP contribution is -2.27. The van der Waals surface area contributed by atoms with Gasteiger partial charge in [-0.25, -0.2) is 0 Å². The highest BCUT2D eigenvalue weighted by Crippen LogP contribution is 2.39. The smallest absolute Gasteiger partial charge is 0.220 e. The molecule has 0 bridgehead atoms. The van der Waals surface area contributed by atoms with E-state index in [9.17, 15) is 4.79 Å². The molecule has 0 aliphatic heterocycles. The van der Waals surface area contributed by atoms with Gasteiger partial charge in [0.15, 0.2) is 11.5 Å². The van der Waals surface area contributed by atoms with Gasteiger partial charge in [-0.15, -0.1) is 0 Å². The molecule has 24 heavy (non-hydrogen) atoms. The predicted molar refractivity (Wildman–Crippen MR) is 90.2 cm³/mol. The molecule has 0 spiro atoms. The van der Waals surface area contributed by atoms with E-state index >= 15 is 0 Å². The molecule has 128 valence electrons. The third kappa shape index (κ3) is 3.53. The van der Waals surface area contributed by atoms with Gasteiger partial charge in [-0.1, -0.05) is 0 Å². The van der Waals surface area contributed by atoms with Gasteiger partial charge in [0.05, 0.1) is 20.3 Å². The average Bonchev–Trinajstić information content (AvgIpc) is 3.23. The Kier molecular flexibility index (Phi) is 5.03. The Hall–Kier alpha value is -2.50. The van der Waals surface area contributed by atoms with Crippen molar-refractivity contribution in [1.29, 1.82) is 0 Å². The van der Waals surface area contributed by atoms with Crippen molar-refractivity contribution in [2.24, 2.45) is 0 Å². The van der Waals surface area contributed by atoms with Gasteiger partial charge in [0.1, 0.15) is 0 Å². The van der Waals surface area contributed by atoms with Crippen molar-refractivity contribution in [3.05, 3.63) is 41.7 Å². The first-order chi connectivity index (χ1) is 11.7. The minimum absolute atomic E-state index is 0.0528. The van der Waals surface area contributed by atoms with Gasteiger partial charge in [0.25, 0.3) is 0 Å². The van der Waals surface area contributed by atoms with E-state index in [0.29, 0.717) is 12.2 Å². The monoisotopic (exact) mass is 329 g/mol. The first-order valence-electron chi connectivity index (χ1n) is 8.23. The largest absolute Gasteiger partial charge is 0.493 e. The predicted octanol–water partition coefficient (Wildman–Crippen LogP) is 2.48. The van der Waals surface area contributed by atoms with Crippen molar-refractivity contribution in [1.82, 2.24) is 15.1 Å². The molecule has 1 aliphatic rings. The fraction of sp³-hybridized carbons (Fsp3) is 0.444. The van der Waals surface area contributed by atoms with Gasteiger partial charge in [0, 0.05) is 25.4 Å². The number of aryl methyl sites for hydroxylation is 2. The van der Waals surface area contributed by atoms with Crippen LogP contribution in [0.1, 0.15) is 36.4 Å². The van der Waals surface area contributed by atoms with Crippen molar-refractivity contribution in [3.63, 3.8) is 0 Å². The molecule has 1 aliphatic carbocycles. The van der Waals surface area contributed by atoms with Crippen LogP contribution in [0.25, 0.3) is 0 Å². The van der Waals surface area contributed by atoms with Crippen LogP contribution >= 0.6 is 0 Å². The maximum atomic E-state index is 12.2. The Morgan fingerprint density at radius 2 is 2.12 bits per heavy atom. The quantitative estimate of drug-likeness (QED) is 0.847. The minimum atomic E-state index is 0.0528. The summed E-state index contributed by atoms with van der Waals surface area (Å²) in [6.07, 6.45) is 6.78. The van der Waals surface area contributed by atoms with Gasteiger partial charge in [-0.2, -0.15) is 5.10 Å². The number of aromatic nitrogens is 2. The summed E-state index contributed by atoms with van der Waals surface area (Å²) in [6, 6.07) is 5.93. The van der Waals surface area contributed by atoms with E-state index in [4.69, 9.17) is 9.47 Å². The highest BCUT2D eigenvalue weighted by atomic mass is 16.5. The van der Waals surface area contributed by atoms with Gasteiger partial charge in [0.2, 0.25) is 5.91 Å². The van der Waals surface area contributed by atoms with Crippen molar-refractivity contribution in [2.45, 2.75) is 38.3 Å². The summed E-state index contributed by atoms with van der Waals surface area (Å²) in [5.74, 6) is 1.52. The number of rotatable bonds is 7. The summed E-state index contributed by atoms with van der Waals surface area (Å²) in [5, 5.41) is 7.28. The Labute approximate surface area is 141 Å². The number of fused-ring (bicyclic) bond motifs is 1. The van der Waals surface area contributed by atoms with Crippen LogP contribution in [0.2, 0.25) is 0 Å². The van der Waals surface area contributed by atoms with E-state index < -0.39 is 0 Å². The average molecular weight is 329 g/mol. The molecule has 1 aromatic heterocycles. The SMILES string of the molecule is COc1cc2c(cc1OC)[C@H](NC(=O)CCCn1cccn1)CC2. The van der Waals surface area contributed by atoms with Crippen LogP contribution in [0.3, 0.4) is 0 Å². The number of nitrogens with one attached hydrogen (secondary N) is 1. The van der Waals surface area contributed by atoms with E-state index in [1.54, 1.807) is 20.4 Å². The third-order valence-electron chi connectivity index (χ3n) is 4.41. The summed E-state index contributed by atoms with van der Waals surface area (Å²) in [7, 11) is 3.26. The molecule has 1 aromatic carbocycles. The summed E-state index contributed by atoms with van der Waals surface area (Å²) >= 11 is 0. The molecule has 0 unspecified atom stereocenters. The summed E-state index contributed by atoms with van der Waals surface area (Å²) in [5.41, 5.74) is 2.35. The summed E-state index contributed by atoms with van der Waals surface area (Å²) in [6.45, 7) is 0.757. The molecule has 1 heterocycles. The second-order valence-electron chi connectivity index (χ2n) is 5.94. The van der Waals surface area contributed by atoms with Crippen LogP contribution in [-0.2, 0) is 17.8 Å². The van der Waals surface area contributed by atoms with E-state index in [1.165, 1.54) is 5.56 Å². The number of hydrogen-bond acceptors (Lipinski definition) is 4. The molecule has 0 fully saturated rings. The lowest BCUT2D eigenvalue weighted by molar-refractivity contribution is -0.122. The Bertz CT molecular complexity index is 698. The van der Waals surface area contributed by atoms with E-state index in [2.05, 4.69) is 10.4 Å². The lowest BCUT2D eigenvalue weighted by atomic mass is 10.1. The molecule has 6 heteroatoms. The van der Waals surface area contributed by atoms with Crippen molar-refractivity contribution in [3.8, 4) is 11.5 Å². The summed E-state index contributed by atoms with van der Waals surface area (Å²) < 4.78 is 12.6. The molecule has 1 atom stereocenters. The number of methoxy groups -OCH3 is 2. The molecule has 0 saturated carbocycles. The molecule has 0 radical (unpaired) electrons. The topological polar surface area (TPSA) is 65.4 Å². The van der Waals surface area contributed by atoms with Crippen LogP contribution in [0.15, 0.2) is 30.6 Å². The molecule has 0 saturated heterocycles. The fourth-order valence-electron chi connectivity index (χ4n) is 3.18. The first-order valence-corrected chi connectivity index (χ1v) is 8.23. The molecule has 3 rings (SSSR count). The number of carbonyl (C=O) groups is 1. The molecule has 2 aromatic rings. The molecule has 6 nitrogen and oxygen atoms in total. The van der Waals surface area contributed by atoms with Gasteiger partial charge in [-0.3, -0.25) is 9.48 Å². The van der Waals surface area contributed by atoms with E-state index in [1.807, 2.05) is 29.1 Å². The zero-order valence-electron chi connectivity index (χ0n) is 14.1. The second kappa shape index (κ2) is 7.38. The van der Waals surface area contributed by atoms with Crippen LogP contribution in [-0.4, -0.2) is 29.9 Å². The highest BCUT2D eigenvalue weighted by Gasteiger charge is 2.26. The number of ether oxygens (including phenoxy) is 2. The maximum Gasteiger partial charge on any atom is 0.220 e. The van der Waals surface area contributed by atoms with Crippen molar-refractivity contribution < 1.29 is 14.3 Å². The Morgan fingerprint density at radius 3 is 2.83 bits per heavy atom. The number of benzene rings is 1. The van der Waals surface area contributed by atoms with E-state index in [0.717, 1.165) is 37.1 Å². The fourth-order valence-corrected chi connectivity index (χ4v) is 3.18. The highest BCUT2D eigenvalue weighted by molar-refractivity contribution is 5.76. The molecular formula is C18H23N3O3. The van der Waals surface area contributed by atoms with Gasteiger partial charge >= 0.3 is 0 Å². The van der Waals surface area contributed by atoms with E-state index in [-0.39, 0.29) is 11.9 Å². The minimum Gasteiger partial charge on any atom is -0.493 e. The zero-order chi connectivity index (χ0) is 16.9. The van der Waals surface area contributed by atoms with Gasteiger partial charge < -0.3 is 14.8 Å². The number of amides is 1. The number of carbonyl (C=O) groups excluding carboxylic acids is 1. The number of nitrogens with zero attached hydrogens (tertiary/aromatic N) is 2. The first kappa shape index (κ1) is 16.4. The third-order valence-corrected chi connectivity index (χ3v) is 4.41. The second-order valence-corrected chi connectivity index (χ2v) is 5.94. The normalized spacial score (nSPS) is 15.8. The van der Waals surface area contributed by atoms with Crippen molar-refractivity contribution >= 4 is 5.91 Å². The van der Waals surface area contributed by atoms with Gasteiger partial charge in [-0.05, 0) is 48.6 Å². The maximum absolute atomic E-state index is 12.2. The standard InChI is InChI=1S/C18H23N3O3/c1-23-16-11-13-6-7-15(14(13)12-17(16)24-2)20-18(22)5-3-9-21-10-4-8-19-21/h4,8,10-12,15H,3,5-7,9H2,1-2H3,(H,20,22)/t15-/m1/s1. The zero-order valence-corrected chi connectivity index (χ0v) is 14.1. The molecule has 1 N–H and O–H groups in total. The van der Waals surface area contributed by atoms with Crippen LogP contribution in [0.4, 0.5) is 0 Å². The Morgan fingerprint density at radius 1 is 1.33 bits per heavy atom. The Balaban J connectivity index is 1.58. The molecular weight excluding hydrogens is 306 g/mol. The number of hydrogen-bond donors (Lipinski definition) is 1. The molecule has 1 amide bonds. The van der Waals surface area contributed by atoms with Crippen LogP contribution in [0.5, 0.6) is 11.5 Å². The van der Waals surface area contributed by atoms with Crippen LogP contribution < -0.4 is 14.8 Å². The lowest BCUT2D eigenvalue weighted by Gasteiger charge is -2.16. The van der Waals surface area contributed by atoms with Crippen LogP contribution in [0, 0.1) is 0 Å². The summed E-state index contributed by atoms with van der Waals surface area (Å²) in [4.78, 5) is 12.2. The van der Waals surface area contributed by atoms with Crippen molar-refractivity contribution in [2.75, 3.05) is 14.2 Å².